The number of anilines is 4. The molecule has 23 nitrogen and oxygen atoms in total. The lowest BCUT2D eigenvalue weighted by Crippen LogP contribution is -2.28. The van der Waals surface area contributed by atoms with E-state index in [1.165, 1.54) is 49.6 Å². The second-order valence-corrected chi connectivity index (χ2v) is 17.9. The van der Waals surface area contributed by atoms with Crippen LogP contribution in [0.5, 0.6) is 5.75 Å². The number of rotatable bonds is 11. The van der Waals surface area contributed by atoms with E-state index in [-0.39, 0.29) is 50.8 Å². The molecule has 0 heterocycles. The summed E-state index contributed by atoms with van der Waals surface area (Å²) in [6.45, 7) is 0. The molecule has 0 radical (unpaired) electrons. The van der Waals surface area contributed by atoms with Gasteiger partial charge < -0.3 is 16.2 Å². The van der Waals surface area contributed by atoms with E-state index in [0.29, 0.717) is 0 Å². The molecule has 0 fully saturated rings. The van der Waals surface area contributed by atoms with Gasteiger partial charge in [0.15, 0.2) is 11.4 Å². The number of fused-ring (bicyclic) bond motifs is 2. The van der Waals surface area contributed by atoms with Gasteiger partial charge in [0.2, 0.25) is 11.6 Å². The Morgan fingerprint density at radius 3 is 1.43 bits per heavy atom. The van der Waals surface area contributed by atoms with Crippen molar-refractivity contribution < 1.29 is 66.2 Å². The molecule has 27 heteroatoms. The maximum Gasteiger partial charge on any atom is 0.296 e. The Balaban J connectivity index is 1.20. The number of nitrogens with one attached hydrogen (secondary N) is 2. The molecular formula is C33H26N8O15S4. The van der Waals surface area contributed by atoms with Crippen molar-refractivity contribution in [2.24, 2.45) is 20.4 Å². The van der Waals surface area contributed by atoms with Crippen molar-refractivity contribution in [2.45, 2.75) is 9.79 Å². The fourth-order valence-electron chi connectivity index (χ4n) is 5.64. The van der Waals surface area contributed by atoms with Crippen LogP contribution in [0.4, 0.5) is 34.1 Å². The topological polar surface area (TPSA) is 386 Å². The van der Waals surface area contributed by atoms with Gasteiger partial charge in [-0.25, -0.2) is 0 Å². The molecule has 0 unspecified atom stereocenters. The maximum absolute atomic E-state index is 13.4. The predicted octanol–water partition coefficient (Wildman–Crippen LogP) is 3.55. The van der Waals surface area contributed by atoms with Gasteiger partial charge in [-0.1, -0.05) is 0 Å². The number of ketones is 2. The van der Waals surface area contributed by atoms with Gasteiger partial charge in [-0.05, 0) is 83.9 Å². The van der Waals surface area contributed by atoms with Crippen LogP contribution >= 0.6 is 0 Å². The number of Topliss-reactive ketones (excluding diaryl/α,β-unsaturated/α-hetero) is 2. The molecule has 10 N–H and O–H groups in total. The Bertz CT molecular complexity index is 3180. The number of hydrogen-bond donors (Lipinski definition) is 8. The van der Waals surface area contributed by atoms with Gasteiger partial charge in [0.05, 0.1) is 50.8 Å². The average molecular weight is 903 g/mol. The summed E-state index contributed by atoms with van der Waals surface area (Å²) < 4.78 is 139. The van der Waals surface area contributed by atoms with Crippen LogP contribution in [0, 0.1) is 0 Å². The lowest BCUT2D eigenvalue weighted by atomic mass is 9.93. The van der Waals surface area contributed by atoms with E-state index in [1.807, 2.05) is 0 Å². The minimum Gasteiger partial charge on any atom is -0.494 e. The Hall–Kier alpha value is -6.72. The fraction of sp³-hybridized carbons (Fsp3) is 0.0303. The zero-order chi connectivity index (χ0) is 44.1. The van der Waals surface area contributed by atoms with E-state index in [2.05, 4.69) is 31.3 Å². The monoisotopic (exact) mass is 902 g/mol. The van der Waals surface area contributed by atoms with Crippen molar-refractivity contribution in [1.29, 1.82) is 0 Å². The van der Waals surface area contributed by atoms with Crippen molar-refractivity contribution in [1.82, 2.24) is 0 Å². The lowest BCUT2D eigenvalue weighted by molar-refractivity contribution is 0.105. The van der Waals surface area contributed by atoms with E-state index in [1.54, 1.807) is 0 Å². The van der Waals surface area contributed by atoms with Crippen molar-refractivity contribution >= 4 is 110 Å². The molecule has 312 valence electrons. The number of nitrogens with zero attached hydrogens (tertiary/aromatic N) is 4. The summed E-state index contributed by atoms with van der Waals surface area (Å²) in [6, 6.07) is 13.1. The molecule has 0 bridgehead atoms. The first-order valence-electron chi connectivity index (χ1n) is 16.0. The van der Waals surface area contributed by atoms with Crippen LogP contribution in [0.25, 0.3) is 12.2 Å². The standard InChI is InChI=1S/C33H26N8O15S4/c1-56-25-12-19(6-7-24(25)39-41-31-27(60(53,54)55)11-16-9-21(58(47,48)49)14-23(35)29(16)33(31)43)38-36-17-2-4-18(5-3-17)37-40-30-26(59(50,51)52)10-15-8-20(57(44,45)46)13-22(34)28(15)32(30)42/h2-14,37,39H,34-35H2,1H3,(H,44,45,46)(H,47,48,49)(H,50,51,52)(H,53,54,55)/b38-36?,40-30-,41-31+. The molecule has 4 aromatic carbocycles. The Labute approximate surface area is 338 Å². The Kier molecular flexibility index (Phi) is 11.1. The van der Waals surface area contributed by atoms with Gasteiger partial charge in [-0.2, -0.15) is 54.1 Å². The van der Waals surface area contributed by atoms with E-state index in [0.717, 1.165) is 36.4 Å². The molecule has 0 atom stereocenters. The first-order valence-corrected chi connectivity index (χ1v) is 21.8. The van der Waals surface area contributed by atoms with Gasteiger partial charge in [-0.15, -0.1) is 0 Å². The fourth-order valence-corrected chi connectivity index (χ4v) is 8.06. The number of allylic oxidation sites excluding steroid dienone is 2. The van der Waals surface area contributed by atoms with Crippen LogP contribution in [0.3, 0.4) is 0 Å². The quantitative estimate of drug-likeness (QED) is 0.0461. The number of methoxy groups -OCH3 is 1. The smallest absolute Gasteiger partial charge is 0.296 e. The van der Waals surface area contributed by atoms with E-state index >= 15 is 0 Å². The maximum atomic E-state index is 13.4. The third-order valence-electron chi connectivity index (χ3n) is 8.34. The third-order valence-corrected chi connectivity index (χ3v) is 11.7. The molecule has 0 aromatic heterocycles. The number of ether oxygens (including phenoxy) is 1. The van der Waals surface area contributed by atoms with Gasteiger partial charge in [0.25, 0.3) is 40.5 Å². The van der Waals surface area contributed by atoms with Gasteiger partial charge in [-0.3, -0.25) is 38.7 Å². The minimum absolute atomic E-state index is 0.0617. The molecule has 2 aliphatic rings. The second kappa shape index (κ2) is 15.5. The summed E-state index contributed by atoms with van der Waals surface area (Å²) in [7, 11) is -18.6. The summed E-state index contributed by atoms with van der Waals surface area (Å²) in [5, 5.41) is 15.9. The van der Waals surface area contributed by atoms with Crippen LogP contribution in [-0.2, 0) is 40.5 Å². The number of hydrazone groups is 2. The van der Waals surface area contributed by atoms with Crippen molar-refractivity contribution in [3.63, 3.8) is 0 Å². The molecule has 0 saturated heterocycles. The third kappa shape index (κ3) is 8.81. The number of benzene rings is 4. The number of nitrogens with two attached hydrogens (primary N) is 2. The SMILES string of the molecule is COc1cc(N=Nc2ccc(N/N=C3\C(=O)c4c(N)cc(S(=O)(=O)O)cc4C=C3S(=O)(=O)O)cc2)ccc1N/N=C1/C(=O)c2c(N)cc(S(=O)(=O)O)cc2C=C1S(=O)(=O)O. The zero-order valence-electron chi connectivity index (χ0n) is 29.9. The van der Waals surface area contributed by atoms with Crippen molar-refractivity contribution in [3.05, 3.63) is 98.8 Å². The van der Waals surface area contributed by atoms with Gasteiger partial charge in [0.1, 0.15) is 15.6 Å². The number of azo groups is 1. The minimum atomic E-state index is -5.13. The van der Waals surface area contributed by atoms with Crippen LogP contribution in [0.1, 0.15) is 31.8 Å². The number of hydrogen-bond acceptors (Lipinski definition) is 19. The summed E-state index contributed by atoms with van der Waals surface area (Å²) in [4.78, 5) is 23.2. The molecule has 60 heavy (non-hydrogen) atoms. The molecule has 0 spiro atoms. The first-order chi connectivity index (χ1) is 27.9. The Morgan fingerprint density at radius 1 is 0.567 bits per heavy atom. The molecule has 0 aliphatic heterocycles. The molecule has 2 aliphatic carbocycles. The highest BCUT2D eigenvalue weighted by Crippen LogP contribution is 2.35. The van der Waals surface area contributed by atoms with Crippen LogP contribution in [0.2, 0.25) is 0 Å². The molecule has 0 saturated carbocycles. The summed E-state index contributed by atoms with van der Waals surface area (Å²) in [5.74, 6) is -2.13. The normalized spacial score (nSPS) is 16.0. The molecule has 6 rings (SSSR count). The highest BCUT2D eigenvalue weighted by molar-refractivity contribution is 7.91. The number of carbonyl (C=O) groups is 2. The van der Waals surface area contributed by atoms with Gasteiger partial charge >= 0.3 is 0 Å². The van der Waals surface area contributed by atoms with E-state index in [9.17, 15) is 61.5 Å². The van der Waals surface area contributed by atoms with Crippen molar-refractivity contribution in [3.8, 4) is 5.75 Å². The zero-order valence-corrected chi connectivity index (χ0v) is 33.1. The van der Waals surface area contributed by atoms with Gasteiger partial charge in [0, 0.05) is 17.4 Å². The molecule has 0 amide bonds. The summed E-state index contributed by atoms with van der Waals surface area (Å²) in [6.07, 6.45) is 1.53. The summed E-state index contributed by atoms with van der Waals surface area (Å²) in [5.41, 5.74) is 13.6. The average Bonchev–Trinajstić information content (AvgIpc) is 3.14. The molecular weight excluding hydrogens is 877 g/mol. The highest BCUT2D eigenvalue weighted by Gasteiger charge is 2.36. The predicted molar refractivity (Wildman–Crippen MR) is 215 cm³/mol. The van der Waals surface area contributed by atoms with Crippen molar-refractivity contribution in [2.75, 3.05) is 29.4 Å². The number of carbonyl (C=O) groups excluding carboxylic acids is 2. The summed E-state index contributed by atoms with van der Waals surface area (Å²) >= 11 is 0. The van der Waals surface area contributed by atoms with Crippen LogP contribution in [0.15, 0.2) is 107 Å². The lowest BCUT2D eigenvalue weighted by Gasteiger charge is -2.18. The number of nitrogen functional groups attached to an aromatic ring is 2. The first kappa shape index (κ1) is 42.9. The largest absolute Gasteiger partial charge is 0.494 e. The van der Waals surface area contributed by atoms with Crippen LogP contribution < -0.4 is 27.1 Å². The second-order valence-electron chi connectivity index (χ2n) is 12.3. The Morgan fingerprint density at radius 2 is 1.00 bits per heavy atom. The highest BCUT2D eigenvalue weighted by atomic mass is 32.2. The van der Waals surface area contributed by atoms with Crippen LogP contribution in [-0.4, -0.2) is 82.0 Å². The van der Waals surface area contributed by atoms with E-state index in [4.69, 9.17) is 16.2 Å². The van der Waals surface area contributed by atoms with E-state index < -0.39 is 94.4 Å². The molecule has 4 aromatic rings.